The molecule has 0 aromatic heterocycles. The Morgan fingerprint density at radius 2 is 0.943 bits per heavy atom. The number of ether oxygens (including phenoxy) is 1. The van der Waals surface area contributed by atoms with E-state index in [4.69, 9.17) is 4.74 Å². The number of hydrogen-bond donors (Lipinski definition) is 0. The Morgan fingerprint density at radius 1 is 0.329 bits per heavy atom. The zero-order valence-corrected chi connectivity index (χ0v) is 38.6. The van der Waals surface area contributed by atoms with Crippen LogP contribution in [0.4, 0.5) is 17.1 Å². The smallest absolute Gasteiger partial charge is 0.243 e. The fraction of sp³-hybridized carbons (Fsp3) is 0.0149. The third-order valence-electron chi connectivity index (χ3n) is 14.9. The zero-order valence-electron chi connectivity index (χ0n) is 38.6. The highest BCUT2D eigenvalue weighted by Crippen LogP contribution is 2.52. The summed E-state index contributed by atoms with van der Waals surface area (Å²) in [5, 5.41) is 14.7. The molecule has 2 nitrogen and oxygen atoms in total. The van der Waals surface area contributed by atoms with Crippen molar-refractivity contribution in [3.8, 4) is 33.8 Å². The Labute approximate surface area is 407 Å². The number of para-hydroxylation sites is 1. The van der Waals surface area contributed by atoms with E-state index in [1.54, 1.807) is 0 Å². The van der Waals surface area contributed by atoms with Crippen molar-refractivity contribution >= 4 is 105 Å². The maximum Gasteiger partial charge on any atom is 0.243 e. The van der Waals surface area contributed by atoms with E-state index in [0.29, 0.717) is 0 Å². The number of fused-ring (bicyclic) bond motifs is 10. The van der Waals surface area contributed by atoms with Crippen molar-refractivity contribution < 1.29 is 4.74 Å². The minimum absolute atomic E-state index is 0.00231. The van der Waals surface area contributed by atoms with Crippen molar-refractivity contribution in [2.24, 2.45) is 0 Å². The third-order valence-corrected chi connectivity index (χ3v) is 14.9. The lowest BCUT2D eigenvalue weighted by atomic mass is 9.35. The summed E-state index contributed by atoms with van der Waals surface area (Å²) in [6, 6.07) is 91.3. The van der Waals surface area contributed by atoms with Crippen LogP contribution >= 0.6 is 0 Å². The monoisotopic (exact) mass is 889 g/mol. The molecular formula is C67H44BNO. The van der Waals surface area contributed by atoms with Gasteiger partial charge in [0.25, 0.3) is 0 Å². The SMILES string of the molecule is Cc1ccccc1B(c1cccc2ccccc12)c1cc2c3cccc4c3c(cc2c2ccccc12)-c1ccc(N(c2ccccc2-c2ccccc2)c2cc3ccccc3c3ccccc23)cc1O4. The zero-order chi connectivity index (χ0) is 46.3. The molecule has 0 radical (unpaired) electrons. The van der Waals surface area contributed by atoms with Gasteiger partial charge in [-0.1, -0.05) is 228 Å². The number of rotatable bonds is 7. The molecule has 1 heterocycles. The fourth-order valence-corrected chi connectivity index (χ4v) is 11.7. The molecule has 70 heavy (non-hydrogen) atoms. The molecule has 0 saturated heterocycles. The molecule has 13 aromatic carbocycles. The molecular weight excluding hydrogens is 846 g/mol. The lowest BCUT2D eigenvalue weighted by Crippen LogP contribution is -2.53. The third kappa shape index (κ3) is 6.29. The Bertz CT molecular complexity index is 4250. The summed E-state index contributed by atoms with van der Waals surface area (Å²) in [4.78, 5) is 2.44. The van der Waals surface area contributed by atoms with Gasteiger partial charge in [-0.3, -0.25) is 0 Å². The summed E-state index contributed by atoms with van der Waals surface area (Å²) in [6.45, 7) is 2.25. The predicted octanol–water partition coefficient (Wildman–Crippen LogP) is 16.3. The van der Waals surface area contributed by atoms with Gasteiger partial charge >= 0.3 is 0 Å². The molecule has 13 aromatic rings. The van der Waals surface area contributed by atoms with Crippen LogP contribution in [0.25, 0.3) is 86.9 Å². The van der Waals surface area contributed by atoms with Crippen molar-refractivity contribution in [2.75, 3.05) is 4.90 Å². The summed E-state index contributed by atoms with van der Waals surface area (Å²) in [7, 11) is 0. The van der Waals surface area contributed by atoms with E-state index < -0.39 is 0 Å². The normalized spacial score (nSPS) is 11.9. The van der Waals surface area contributed by atoms with Gasteiger partial charge in [-0.25, -0.2) is 0 Å². The van der Waals surface area contributed by atoms with Crippen molar-refractivity contribution in [1.29, 1.82) is 0 Å². The van der Waals surface area contributed by atoms with E-state index in [2.05, 4.69) is 261 Å². The van der Waals surface area contributed by atoms with Crippen LogP contribution in [0.2, 0.25) is 0 Å². The van der Waals surface area contributed by atoms with Crippen LogP contribution in [-0.4, -0.2) is 6.71 Å². The van der Waals surface area contributed by atoms with Crippen molar-refractivity contribution in [3.05, 3.63) is 254 Å². The highest BCUT2D eigenvalue weighted by molar-refractivity contribution is 6.98. The number of aryl methyl sites for hydroxylation is 1. The molecule has 0 amide bonds. The van der Waals surface area contributed by atoms with Crippen LogP contribution in [0.15, 0.2) is 249 Å². The first-order valence-electron chi connectivity index (χ1n) is 24.3. The van der Waals surface area contributed by atoms with E-state index in [-0.39, 0.29) is 6.71 Å². The molecule has 0 spiro atoms. The minimum atomic E-state index is -0.00231. The van der Waals surface area contributed by atoms with E-state index >= 15 is 0 Å². The predicted molar refractivity (Wildman–Crippen MR) is 299 cm³/mol. The van der Waals surface area contributed by atoms with Gasteiger partial charge in [-0.05, 0) is 108 Å². The molecule has 0 atom stereocenters. The van der Waals surface area contributed by atoms with Crippen LogP contribution in [0.3, 0.4) is 0 Å². The van der Waals surface area contributed by atoms with Gasteiger partial charge in [0.1, 0.15) is 11.5 Å². The maximum absolute atomic E-state index is 7.17. The van der Waals surface area contributed by atoms with Crippen molar-refractivity contribution in [1.82, 2.24) is 0 Å². The quantitative estimate of drug-likeness (QED) is 0.117. The van der Waals surface area contributed by atoms with E-state index in [1.807, 2.05) is 0 Å². The summed E-state index contributed by atoms with van der Waals surface area (Å²) < 4.78 is 7.17. The molecule has 1 aliphatic rings. The standard InChI is InChI=1S/C67H44BNO/c1-43-19-5-15-33-60(43)68(61-34-17-24-44-22-6-9-26-49(44)61)62-42-58-56-32-18-36-65-67(56)59(41-57(58)52-29-10-12-30-53(52)62)55-38-37-47(40-66(55)70-65)69(63-35-16-14-27-50(63)45-20-3-2-4-21-45)64-39-46-23-7-8-25-48(46)51-28-11-13-31-54(51)64/h2-42H,1H3. The number of hydrogen-bond acceptors (Lipinski definition) is 2. The van der Waals surface area contributed by atoms with Crippen LogP contribution in [-0.2, 0) is 0 Å². The highest BCUT2D eigenvalue weighted by Gasteiger charge is 2.30. The Kier molecular flexibility index (Phi) is 9.25. The lowest BCUT2D eigenvalue weighted by molar-refractivity contribution is 0.487. The number of nitrogens with zero attached hydrogens (tertiary/aromatic N) is 1. The molecule has 326 valence electrons. The Hall–Kier alpha value is -8.92. The van der Waals surface area contributed by atoms with E-state index in [0.717, 1.165) is 50.6 Å². The minimum Gasteiger partial charge on any atom is -0.456 e. The second-order valence-corrected chi connectivity index (χ2v) is 18.7. The second-order valence-electron chi connectivity index (χ2n) is 18.7. The first-order valence-corrected chi connectivity index (χ1v) is 24.3. The van der Waals surface area contributed by atoms with Crippen LogP contribution in [0.5, 0.6) is 11.5 Å². The molecule has 0 bridgehead atoms. The van der Waals surface area contributed by atoms with Gasteiger partial charge in [0.05, 0.1) is 11.4 Å². The van der Waals surface area contributed by atoms with Crippen LogP contribution in [0, 0.1) is 6.92 Å². The number of anilines is 3. The maximum atomic E-state index is 7.17. The topological polar surface area (TPSA) is 12.5 Å². The lowest BCUT2D eigenvalue weighted by Gasteiger charge is -2.31. The van der Waals surface area contributed by atoms with Gasteiger partial charge < -0.3 is 9.64 Å². The fourth-order valence-electron chi connectivity index (χ4n) is 11.7. The Balaban J connectivity index is 1.00. The van der Waals surface area contributed by atoms with Gasteiger partial charge in [-0.2, -0.15) is 0 Å². The van der Waals surface area contributed by atoms with Gasteiger partial charge in [-0.15, -0.1) is 0 Å². The molecule has 3 heteroatoms. The summed E-state index contributed by atoms with van der Waals surface area (Å²) in [5.74, 6) is 1.70. The summed E-state index contributed by atoms with van der Waals surface area (Å²) in [6.07, 6.45) is 0. The largest absolute Gasteiger partial charge is 0.456 e. The van der Waals surface area contributed by atoms with Crippen molar-refractivity contribution in [2.45, 2.75) is 6.92 Å². The summed E-state index contributed by atoms with van der Waals surface area (Å²) in [5.41, 5.74) is 13.0. The molecule has 1 aliphatic heterocycles. The van der Waals surface area contributed by atoms with Crippen LogP contribution < -0.4 is 26.0 Å². The average Bonchev–Trinajstić information content (AvgIpc) is 3.42. The molecule has 0 saturated carbocycles. The first-order chi connectivity index (χ1) is 34.7. The Morgan fingerprint density at radius 3 is 1.79 bits per heavy atom. The van der Waals surface area contributed by atoms with E-state index in [9.17, 15) is 0 Å². The molecule has 14 rings (SSSR count). The summed E-state index contributed by atoms with van der Waals surface area (Å²) >= 11 is 0. The second kappa shape index (κ2) is 16.1. The van der Waals surface area contributed by atoms with Gasteiger partial charge in [0.15, 0.2) is 0 Å². The molecule has 0 fully saturated rings. The highest BCUT2D eigenvalue weighted by atomic mass is 16.5. The molecule has 0 aliphatic carbocycles. The van der Waals surface area contributed by atoms with Crippen molar-refractivity contribution in [3.63, 3.8) is 0 Å². The first kappa shape index (κ1) is 40.2. The van der Waals surface area contributed by atoms with Gasteiger partial charge in [0.2, 0.25) is 6.71 Å². The van der Waals surface area contributed by atoms with Crippen LogP contribution in [0.1, 0.15) is 5.56 Å². The molecule has 0 N–H and O–H groups in total. The van der Waals surface area contributed by atoms with E-state index in [1.165, 1.54) is 86.8 Å². The van der Waals surface area contributed by atoms with Gasteiger partial charge in [0, 0.05) is 33.7 Å². The molecule has 0 unspecified atom stereocenters. The number of benzene rings is 13. The average molecular weight is 890 g/mol.